The first-order valence-corrected chi connectivity index (χ1v) is 4.72. The van der Waals surface area contributed by atoms with Gasteiger partial charge in [0, 0.05) is 12.3 Å². The number of carbonyl (C=O) groups is 1. The number of hydrogen-bond donors (Lipinski definition) is 2. The highest BCUT2D eigenvalue weighted by atomic mass is 35.5. The first kappa shape index (κ1) is 11.2. The zero-order valence-corrected chi connectivity index (χ0v) is 8.89. The van der Waals surface area contributed by atoms with E-state index in [9.17, 15) is 14.4 Å². The van der Waals surface area contributed by atoms with E-state index in [-0.39, 0.29) is 11.1 Å². The Morgan fingerprint density at radius 1 is 1.41 bits per heavy atom. The molecule has 0 aromatic carbocycles. The Morgan fingerprint density at radius 3 is 2.65 bits per heavy atom. The molecule has 0 aliphatic heterocycles. The average Bonchev–Trinajstić information content (AvgIpc) is 2.64. The number of rotatable bonds is 2. The summed E-state index contributed by atoms with van der Waals surface area (Å²) in [4.78, 5) is 35.2. The van der Waals surface area contributed by atoms with Crippen molar-refractivity contribution in [3.8, 4) is 5.88 Å². The Labute approximate surface area is 97.9 Å². The van der Waals surface area contributed by atoms with Crippen molar-refractivity contribution in [3.63, 3.8) is 0 Å². The van der Waals surface area contributed by atoms with E-state index in [1.54, 1.807) is 0 Å². The third-order valence-corrected chi connectivity index (χ3v) is 2.17. The van der Waals surface area contributed by atoms with Crippen LogP contribution < -0.4 is 11.2 Å². The minimum absolute atomic E-state index is 0.0127. The molecule has 8 heteroatoms. The van der Waals surface area contributed by atoms with Crippen LogP contribution >= 0.6 is 11.6 Å². The molecule has 0 aliphatic carbocycles. The summed E-state index contributed by atoms with van der Waals surface area (Å²) in [7, 11) is 0. The van der Waals surface area contributed by atoms with Gasteiger partial charge in [-0.25, -0.2) is 14.2 Å². The predicted molar refractivity (Wildman–Crippen MR) is 56.9 cm³/mol. The van der Waals surface area contributed by atoms with Crippen molar-refractivity contribution < 1.29 is 14.3 Å². The monoisotopic (exact) mass is 256 g/mol. The van der Waals surface area contributed by atoms with Crippen LogP contribution in [0.25, 0.3) is 5.88 Å². The molecule has 0 aliphatic rings. The van der Waals surface area contributed by atoms with Gasteiger partial charge in [-0.3, -0.25) is 9.78 Å². The van der Waals surface area contributed by atoms with Crippen LogP contribution in [0.3, 0.4) is 0 Å². The van der Waals surface area contributed by atoms with Gasteiger partial charge in [0.2, 0.25) is 5.88 Å². The largest absolute Gasteiger partial charge is 0.477 e. The van der Waals surface area contributed by atoms with Crippen LogP contribution in [0.15, 0.2) is 32.3 Å². The summed E-state index contributed by atoms with van der Waals surface area (Å²) in [5, 5.41) is 8.78. The van der Waals surface area contributed by atoms with E-state index in [1.165, 1.54) is 12.1 Å². The fraction of sp³-hybridized carbons (Fsp3) is 0. The molecule has 0 unspecified atom stereocenters. The number of carboxylic acids is 1. The number of halogens is 1. The van der Waals surface area contributed by atoms with Crippen molar-refractivity contribution in [2.75, 3.05) is 0 Å². The zero-order valence-electron chi connectivity index (χ0n) is 8.14. The number of aromatic amines is 1. The molecule has 2 N–H and O–H groups in total. The Kier molecular flexibility index (Phi) is 2.60. The molecule has 0 fully saturated rings. The molecule has 2 rings (SSSR count). The van der Waals surface area contributed by atoms with Gasteiger partial charge in [0.05, 0.1) is 0 Å². The number of H-pyrrole nitrogens is 1. The zero-order chi connectivity index (χ0) is 12.6. The van der Waals surface area contributed by atoms with Crippen LogP contribution in [0, 0.1) is 0 Å². The molecule has 2 aromatic rings. The first-order valence-electron chi connectivity index (χ1n) is 4.34. The summed E-state index contributed by atoms with van der Waals surface area (Å²) in [6, 6.07) is 2.75. The highest BCUT2D eigenvalue weighted by Gasteiger charge is 2.13. The Balaban J connectivity index is 2.71. The van der Waals surface area contributed by atoms with Gasteiger partial charge in [-0.1, -0.05) is 0 Å². The lowest BCUT2D eigenvalue weighted by Gasteiger charge is -2.01. The second-order valence-electron chi connectivity index (χ2n) is 3.05. The topological polar surface area (TPSA) is 105 Å². The third kappa shape index (κ3) is 2.00. The smallest absolute Gasteiger partial charge is 0.342 e. The number of nitrogens with zero attached hydrogens (tertiary/aromatic N) is 1. The van der Waals surface area contributed by atoms with E-state index in [1.807, 2.05) is 4.98 Å². The number of carboxylic acid groups (broad SMARTS) is 1. The second-order valence-corrected chi connectivity index (χ2v) is 3.43. The average molecular weight is 257 g/mol. The summed E-state index contributed by atoms with van der Waals surface area (Å²) < 4.78 is 5.78. The van der Waals surface area contributed by atoms with Crippen LogP contribution in [0.2, 0.25) is 5.22 Å². The van der Waals surface area contributed by atoms with Crippen LogP contribution in [0.5, 0.6) is 0 Å². The standard InChI is InChI=1S/C9H5ClN2O5/c10-5-1-2-6(17-5)12-3-4(8(14)15)7(13)11-9(12)16/h1-3H,(H,14,15)(H,11,13,16). The van der Waals surface area contributed by atoms with E-state index < -0.39 is 22.8 Å². The summed E-state index contributed by atoms with van der Waals surface area (Å²) in [6.07, 6.45) is 0.874. The van der Waals surface area contributed by atoms with E-state index in [0.29, 0.717) is 0 Å². The van der Waals surface area contributed by atoms with Crippen LogP contribution in [0.1, 0.15) is 10.4 Å². The minimum Gasteiger partial charge on any atom is -0.477 e. The molecule has 0 atom stereocenters. The van der Waals surface area contributed by atoms with Gasteiger partial charge in [-0.15, -0.1) is 0 Å². The highest BCUT2D eigenvalue weighted by Crippen LogP contribution is 2.15. The van der Waals surface area contributed by atoms with Gasteiger partial charge in [0.25, 0.3) is 5.56 Å². The van der Waals surface area contributed by atoms with Crippen molar-refractivity contribution in [3.05, 3.63) is 50.0 Å². The molecule has 88 valence electrons. The van der Waals surface area contributed by atoms with Gasteiger partial charge < -0.3 is 9.52 Å². The lowest BCUT2D eigenvalue weighted by molar-refractivity contribution is 0.0694. The summed E-state index contributed by atoms with van der Waals surface area (Å²) >= 11 is 5.53. The molecule has 0 saturated carbocycles. The van der Waals surface area contributed by atoms with Gasteiger partial charge in [0.1, 0.15) is 5.56 Å². The molecule has 0 saturated heterocycles. The number of aromatic nitrogens is 2. The van der Waals surface area contributed by atoms with Gasteiger partial charge in [0.15, 0.2) is 5.22 Å². The van der Waals surface area contributed by atoms with E-state index >= 15 is 0 Å². The fourth-order valence-corrected chi connectivity index (χ4v) is 1.36. The summed E-state index contributed by atoms with van der Waals surface area (Å²) in [6.45, 7) is 0. The Morgan fingerprint density at radius 2 is 2.12 bits per heavy atom. The van der Waals surface area contributed by atoms with E-state index in [2.05, 4.69) is 0 Å². The van der Waals surface area contributed by atoms with Gasteiger partial charge in [-0.05, 0) is 17.7 Å². The molecule has 0 spiro atoms. The number of hydrogen-bond acceptors (Lipinski definition) is 4. The SMILES string of the molecule is O=C(O)c1cn(-c2ccc(Cl)o2)c(=O)[nH]c1=O. The van der Waals surface area contributed by atoms with Crippen molar-refractivity contribution >= 4 is 17.6 Å². The van der Waals surface area contributed by atoms with Crippen molar-refractivity contribution in [2.24, 2.45) is 0 Å². The fourth-order valence-electron chi connectivity index (χ4n) is 1.22. The van der Waals surface area contributed by atoms with Gasteiger partial charge in [-0.2, -0.15) is 0 Å². The second kappa shape index (κ2) is 3.95. The van der Waals surface area contributed by atoms with Crippen LogP contribution in [-0.4, -0.2) is 20.6 Å². The van der Waals surface area contributed by atoms with Crippen LogP contribution in [0.4, 0.5) is 0 Å². The van der Waals surface area contributed by atoms with Crippen molar-refractivity contribution in [1.29, 1.82) is 0 Å². The quantitative estimate of drug-likeness (QED) is 0.812. The molecule has 7 nitrogen and oxygen atoms in total. The molecule has 0 radical (unpaired) electrons. The van der Waals surface area contributed by atoms with Crippen molar-refractivity contribution in [1.82, 2.24) is 9.55 Å². The lowest BCUT2D eigenvalue weighted by Crippen LogP contribution is -2.32. The molecule has 0 bridgehead atoms. The Bertz CT molecular complexity index is 696. The molecule has 17 heavy (non-hydrogen) atoms. The normalized spacial score (nSPS) is 10.4. The van der Waals surface area contributed by atoms with E-state index in [4.69, 9.17) is 21.1 Å². The summed E-state index contributed by atoms with van der Waals surface area (Å²) in [5.41, 5.74) is -2.36. The molecular formula is C9H5ClN2O5. The molecule has 2 aromatic heterocycles. The van der Waals surface area contributed by atoms with Crippen LogP contribution in [-0.2, 0) is 0 Å². The third-order valence-electron chi connectivity index (χ3n) is 1.97. The molecular weight excluding hydrogens is 252 g/mol. The van der Waals surface area contributed by atoms with Gasteiger partial charge >= 0.3 is 11.7 Å². The number of aromatic carboxylic acids is 1. The minimum atomic E-state index is -1.45. The molecule has 2 heterocycles. The van der Waals surface area contributed by atoms with Crippen molar-refractivity contribution in [2.45, 2.75) is 0 Å². The maximum absolute atomic E-state index is 11.4. The first-order chi connectivity index (χ1) is 7.99. The lowest BCUT2D eigenvalue weighted by atomic mass is 10.3. The Hall–Kier alpha value is -2.28. The number of nitrogens with one attached hydrogen (secondary N) is 1. The maximum Gasteiger partial charge on any atom is 0.342 e. The van der Waals surface area contributed by atoms with E-state index in [0.717, 1.165) is 10.8 Å². The predicted octanol–water partition coefficient (Wildman–Crippen LogP) is 0.470. The maximum atomic E-state index is 11.4. The number of furan rings is 1. The highest BCUT2D eigenvalue weighted by molar-refractivity contribution is 6.28. The molecule has 0 amide bonds. The summed E-state index contributed by atoms with van der Waals surface area (Å²) in [5.74, 6) is -1.43.